The Balaban J connectivity index is 1.56. The summed E-state index contributed by atoms with van der Waals surface area (Å²) < 4.78 is 0. The van der Waals surface area contributed by atoms with Crippen molar-refractivity contribution in [2.24, 2.45) is 0 Å². The van der Waals surface area contributed by atoms with Crippen LogP contribution >= 0.6 is 0 Å². The third-order valence-electron chi connectivity index (χ3n) is 9.47. The van der Waals surface area contributed by atoms with E-state index in [2.05, 4.69) is 166 Å². The molecule has 0 heterocycles. The normalized spacial score (nSPS) is 12.3. The molecule has 0 saturated heterocycles. The summed E-state index contributed by atoms with van der Waals surface area (Å²) in [5.41, 5.74) is 16.3. The molecule has 0 aliphatic heterocycles. The van der Waals surface area contributed by atoms with Crippen molar-refractivity contribution in [2.75, 3.05) is 0 Å². The molecule has 0 saturated carbocycles. The molecule has 44 heavy (non-hydrogen) atoms. The van der Waals surface area contributed by atoms with E-state index in [-0.39, 0.29) is 10.8 Å². The third kappa shape index (κ3) is 5.15. The van der Waals surface area contributed by atoms with Crippen molar-refractivity contribution in [2.45, 2.75) is 80.1 Å². The molecule has 0 unspecified atom stereocenters. The molecule has 0 atom stereocenters. The average molecular weight is 575 g/mol. The van der Waals surface area contributed by atoms with Gasteiger partial charge in [-0.05, 0) is 127 Å². The van der Waals surface area contributed by atoms with Crippen molar-refractivity contribution in [3.8, 4) is 33.4 Å². The van der Waals surface area contributed by atoms with E-state index in [0.29, 0.717) is 0 Å². The lowest BCUT2D eigenvalue weighted by molar-refractivity contribution is 0.589. The summed E-state index contributed by atoms with van der Waals surface area (Å²) >= 11 is 0. The highest BCUT2D eigenvalue weighted by Crippen LogP contribution is 2.44. The molecule has 0 N–H and O–H groups in total. The van der Waals surface area contributed by atoms with E-state index in [1.807, 2.05) is 0 Å². The maximum Gasteiger partial charge on any atom is -0.00987 e. The molecule has 6 rings (SSSR count). The van der Waals surface area contributed by atoms with Crippen molar-refractivity contribution in [1.82, 2.24) is 0 Å². The summed E-state index contributed by atoms with van der Waals surface area (Å²) in [6.07, 6.45) is 0. The molecule has 0 nitrogen and oxygen atoms in total. The Hall–Kier alpha value is -4.16. The Labute approximate surface area is 264 Å². The molecular weight excluding hydrogens is 528 g/mol. The second-order valence-corrected chi connectivity index (χ2v) is 14.9. The molecule has 0 aliphatic rings. The van der Waals surface area contributed by atoms with Gasteiger partial charge in [0, 0.05) is 0 Å². The fraction of sp³-hybridized carbons (Fsp3) is 0.273. The van der Waals surface area contributed by atoms with Crippen LogP contribution in [0.1, 0.15) is 74.9 Å². The van der Waals surface area contributed by atoms with Crippen molar-refractivity contribution < 1.29 is 0 Å². The lowest BCUT2D eigenvalue weighted by Gasteiger charge is -2.24. The minimum absolute atomic E-state index is 0.124. The molecular formula is C44H46. The van der Waals surface area contributed by atoms with E-state index in [1.54, 1.807) is 0 Å². The van der Waals surface area contributed by atoms with E-state index in [9.17, 15) is 0 Å². The molecule has 0 aliphatic carbocycles. The zero-order valence-electron chi connectivity index (χ0n) is 28.2. The van der Waals surface area contributed by atoms with Gasteiger partial charge in [0.1, 0.15) is 0 Å². The minimum atomic E-state index is 0.124. The summed E-state index contributed by atoms with van der Waals surface area (Å²) in [4.78, 5) is 0. The summed E-state index contributed by atoms with van der Waals surface area (Å²) in [5.74, 6) is 0. The highest BCUT2D eigenvalue weighted by atomic mass is 14.3. The lowest BCUT2D eigenvalue weighted by Crippen LogP contribution is -2.12. The maximum absolute atomic E-state index is 2.38. The summed E-state index contributed by atoms with van der Waals surface area (Å²) in [7, 11) is 0. The van der Waals surface area contributed by atoms with Crippen LogP contribution in [0.15, 0.2) is 97.1 Å². The van der Waals surface area contributed by atoms with E-state index in [1.165, 1.54) is 88.3 Å². The van der Waals surface area contributed by atoms with Gasteiger partial charge in [0.15, 0.2) is 0 Å². The number of fused-ring (bicyclic) bond motifs is 2. The van der Waals surface area contributed by atoms with E-state index in [4.69, 9.17) is 0 Å². The molecule has 0 aromatic heterocycles. The monoisotopic (exact) mass is 574 g/mol. The first kappa shape index (κ1) is 29.9. The molecule has 6 aromatic rings. The van der Waals surface area contributed by atoms with E-state index >= 15 is 0 Å². The van der Waals surface area contributed by atoms with Crippen LogP contribution in [0.5, 0.6) is 0 Å². The number of aryl methyl sites for hydroxylation is 4. The van der Waals surface area contributed by atoms with Crippen LogP contribution in [0, 0.1) is 27.7 Å². The molecule has 6 aromatic carbocycles. The Kier molecular flexibility index (Phi) is 7.32. The lowest BCUT2D eigenvalue weighted by atomic mass is 9.81. The number of hydrogen-bond donors (Lipinski definition) is 0. The van der Waals surface area contributed by atoms with E-state index in [0.717, 1.165) is 0 Å². The van der Waals surface area contributed by atoms with Crippen LogP contribution in [-0.2, 0) is 10.8 Å². The van der Waals surface area contributed by atoms with Gasteiger partial charge >= 0.3 is 0 Å². The van der Waals surface area contributed by atoms with Gasteiger partial charge in [-0.25, -0.2) is 0 Å². The predicted octanol–water partition coefficient (Wildman–Crippen LogP) is 12.8. The Morgan fingerprint density at radius 1 is 0.341 bits per heavy atom. The van der Waals surface area contributed by atoms with Crippen LogP contribution in [0.4, 0.5) is 0 Å². The highest BCUT2D eigenvalue weighted by molar-refractivity contribution is 6.12. The van der Waals surface area contributed by atoms with Gasteiger partial charge in [0.05, 0.1) is 0 Å². The van der Waals surface area contributed by atoms with Gasteiger partial charge in [0.2, 0.25) is 0 Å². The molecule has 0 radical (unpaired) electrons. The highest BCUT2D eigenvalue weighted by Gasteiger charge is 2.21. The molecule has 0 fully saturated rings. The molecule has 0 heteroatoms. The van der Waals surface area contributed by atoms with Crippen LogP contribution in [0.2, 0.25) is 0 Å². The fourth-order valence-electron chi connectivity index (χ4n) is 7.15. The first-order chi connectivity index (χ1) is 20.8. The number of benzene rings is 6. The van der Waals surface area contributed by atoms with Gasteiger partial charge in [-0.2, -0.15) is 0 Å². The second kappa shape index (κ2) is 10.8. The Morgan fingerprint density at radius 2 is 0.591 bits per heavy atom. The molecule has 0 spiro atoms. The zero-order chi connectivity index (χ0) is 31.6. The van der Waals surface area contributed by atoms with Gasteiger partial charge < -0.3 is 0 Å². The zero-order valence-corrected chi connectivity index (χ0v) is 28.2. The van der Waals surface area contributed by atoms with Crippen molar-refractivity contribution in [3.05, 3.63) is 130 Å². The maximum atomic E-state index is 2.38. The second-order valence-electron chi connectivity index (χ2n) is 14.9. The Bertz CT molecular complexity index is 1860. The van der Waals surface area contributed by atoms with E-state index < -0.39 is 0 Å². The summed E-state index contributed by atoms with van der Waals surface area (Å²) in [6.45, 7) is 22.8. The smallest absolute Gasteiger partial charge is 0.00987 e. The van der Waals surface area contributed by atoms with Crippen LogP contribution < -0.4 is 0 Å². The van der Waals surface area contributed by atoms with Gasteiger partial charge in [-0.3, -0.25) is 0 Å². The summed E-state index contributed by atoms with van der Waals surface area (Å²) in [6, 6.07) is 36.8. The van der Waals surface area contributed by atoms with Crippen LogP contribution in [0.3, 0.4) is 0 Å². The van der Waals surface area contributed by atoms with Crippen molar-refractivity contribution >= 4 is 21.5 Å². The van der Waals surface area contributed by atoms with Crippen molar-refractivity contribution in [1.29, 1.82) is 0 Å². The topological polar surface area (TPSA) is 0 Å². The number of hydrogen-bond acceptors (Lipinski definition) is 0. The molecule has 0 bridgehead atoms. The SMILES string of the molecule is Cc1cc(C(C)(C)C)cc(C)c1-c1ccc(-c2ccc(-c3c(C)cc(C(C)(C)C)cc3C)c3ccccc23)c2ccccc12. The van der Waals surface area contributed by atoms with Crippen molar-refractivity contribution in [3.63, 3.8) is 0 Å². The number of rotatable bonds is 3. The quantitative estimate of drug-likeness (QED) is 0.197. The first-order valence-corrected chi connectivity index (χ1v) is 16.0. The van der Waals surface area contributed by atoms with Gasteiger partial charge in [0.25, 0.3) is 0 Å². The van der Waals surface area contributed by atoms with Crippen LogP contribution in [0.25, 0.3) is 54.9 Å². The molecule has 222 valence electrons. The Morgan fingerprint density at radius 3 is 0.864 bits per heavy atom. The standard InChI is InChI=1S/C44H46/c1-27-23-31(43(5,6)7)24-28(2)41(27)39-21-19-37(33-15-11-13-17-35(33)39)38-20-22-40(36-18-14-12-16-34(36)38)42-29(3)25-32(26-30(42)4)44(8,9)10/h11-26H,1-10H3. The minimum Gasteiger partial charge on any atom is -0.0616 e. The van der Waals surface area contributed by atoms with Crippen LogP contribution in [-0.4, -0.2) is 0 Å². The largest absolute Gasteiger partial charge is 0.0616 e. The predicted molar refractivity (Wildman–Crippen MR) is 194 cm³/mol. The van der Waals surface area contributed by atoms with Gasteiger partial charge in [-0.1, -0.05) is 139 Å². The summed E-state index contributed by atoms with van der Waals surface area (Å²) in [5, 5.41) is 5.20. The van der Waals surface area contributed by atoms with Gasteiger partial charge in [-0.15, -0.1) is 0 Å². The average Bonchev–Trinajstić information content (AvgIpc) is 2.95. The molecule has 0 amide bonds. The fourth-order valence-corrected chi connectivity index (χ4v) is 7.15. The third-order valence-corrected chi connectivity index (χ3v) is 9.47. The first-order valence-electron chi connectivity index (χ1n) is 16.0.